The summed E-state index contributed by atoms with van der Waals surface area (Å²) in [5.41, 5.74) is -0.0117. The van der Waals surface area contributed by atoms with Gasteiger partial charge < -0.3 is 5.11 Å². The third kappa shape index (κ3) is 2.00. The lowest BCUT2D eigenvalue weighted by Crippen LogP contribution is -2.21. The fraction of sp³-hybridized carbons (Fsp3) is 0.571. The average Bonchev–Trinajstić information content (AvgIpc) is 2.26. The smallest absolute Gasteiger partial charge is 0.378 e. The third-order valence-electron chi connectivity index (χ3n) is 1.62. The molecule has 1 aromatic rings. The van der Waals surface area contributed by atoms with E-state index in [-0.39, 0.29) is 5.69 Å². The van der Waals surface area contributed by atoms with E-state index in [2.05, 4.69) is 5.10 Å². The number of rotatable bonds is 1. The van der Waals surface area contributed by atoms with Crippen molar-refractivity contribution in [3.63, 3.8) is 0 Å². The summed E-state index contributed by atoms with van der Waals surface area (Å²) in [6.45, 7) is 1.47. The molecule has 13 heavy (non-hydrogen) atoms. The minimum Gasteiger partial charge on any atom is -0.378 e. The average molecular weight is 194 g/mol. The molecule has 0 spiro atoms. The fourth-order valence-electron chi connectivity index (χ4n) is 1.05. The molecule has 6 heteroatoms. The molecule has 1 heterocycles. The molecule has 0 aromatic carbocycles. The molecule has 1 N–H and O–H groups in total. The van der Waals surface area contributed by atoms with E-state index < -0.39 is 12.3 Å². The van der Waals surface area contributed by atoms with Gasteiger partial charge in [-0.2, -0.15) is 18.3 Å². The van der Waals surface area contributed by atoms with Gasteiger partial charge in [-0.25, -0.2) is 0 Å². The van der Waals surface area contributed by atoms with E-state index in [0.717, 1.165) is 0 Å². The van der Waals surface area contributed by atoms with Gasteiger partial charge in [0.15, 0.2) is 6.10 Å². The summed E-state index contributed by atoms with van der Waals surface area (Å²) in [6, 6.07) is 0. The first kappa shape index (κ1) is 10.0. The lowest BCUT2D eigenvalue weighted by molar-refractivity contribution is -0.208. The summed E-state index contributed by atoms with van der Waals surface area (Å²) in [4.78, 5) is 0. The van der Waals surface area contributed by atoms with Gasteiger partial charge in [0.1, 0.15) is 5.69 Å². The SMILES string of the molecule is Cc1cn(C)nc1[C@@H](O)C(F)(F)F. The summed E-state index contributed by atoms with van der Waals surface area (Å²) >= 11 is 0. The highest BCUT2D eigenvalue weighted by molar-refractivity contribution is 5.18. The maximum Gasteiger partial charge on any atom is 0.420 e. The first-order valence-electron chi connectivity index (χ1n) is 3.57. The first-order valence-corrected chi connectivity index (χ1v) is 3.57. The highest BCUT2D eigenvalue weighted by Crippen LogP contribution is 2.32. The molecule has 0 amide bonds. The van der Waals surface area contributed by atoms with Crippen LogP contribution >= 0.6 is 0 Å². The van der Waals surface area contributed by atoms with Gasteiger partial charge in [-0.15, -0.1) is 0 Å². The summed E-state index contributed by atoms with van der Waals surface area (Å²) in [5.74, 6) is 0. The molecule has 0 aliphatic carbocycles. The van der Waals surface area contributed by atoms with E-state index in [4.69, 9.17) is 5.11 Å². The molecule has 0 saturated carbocycles. The van der Waals surface area contributed by atoms with Gasteiger partial charge in [0.2, 0.25) is 0 Å². The zero-order valence-electron chi connectivity index (χ0n) is 7.13. The van der Waals surface area contributed by atoms with Crippen LogP contribution in [0.25, 0.3) is 0 Å². The maximum absolute atomic E-state index is 12.0. The molecular formula is C7H9F3N2O. The van der Waals surface area contributed by atoms with E-state index in [1.807, 2.05) is 0 Å². The predicted molar refractivity (Wildman–Crippen MR) is 39.0 cm³/mol. The van der Waals surface area contributed by atoms with Crippen molar-refractivity contribution in [2.75, 3.05) is 0 Å². The topological polar surface area (TPSA) is 38.0 Å². The molecule has 3 nitrogen and oxygen atoms in total. The lowest BCUT2D eigenvalue weighted by Gasteiger charge is -2.12. The molecule has 0 bridgehead atoms. The molecular weight excluding hydrogens is 185 g/mol. The zero-order chi connectivity index (χ0) is 10.2. The number of aromatic nitrogens is 2. The van der Waals surface area contributed by atoms with Crippen LogP contribution in [0.4, 0.5) is 13.2 Å². The van der Waals surface area contributed by atoms with E-state index in [1.165, 1.54) is 24.9 Å². The zero-order valence-corrected chi connectivity index (χ0v) is 7.13. The van der Waals surface area contributed by atoms with Crippen LogP contribution in [0.15, 0.2) is 6.20 Å². The van der Waals surface area contributed by atoms with Crippen LogP contribution in [0.1, 0.15) is 17.4 Å². The number of nitrogens with zero attached hydrogens (tertiary/aromatic N) is 2. The number of hydrogen-bond donors (Lipinski definition) is 1. The van der Waals surface area contributed by atoms with Crippen molar-refractivity contribution in [3.05, 3.63) is 17.5 Å². The Morgan fingerprint density at radius 1 is 1.54 bits per heavy atom. The molecule has 0 saturated heterocycles. The largest absolute Gasteiger partial charge is 0.420 e. The van der Waals surface area contributed by atoms with Crippen LogP contribution < -0.4 is 0 Å². The summed E-state index contributed by atoms with van der Waals surface area (Å²) in [6.07, 6.45) is -5.72. The van der Waals surface area contributed by atoms with Crippen molar-refractivity contribution in [2.45, 2.75) is 19.2 Å². The standard InChI is InChI=1S/C7H9F3N2O/c1-4-3-12(2)11-5(4)6(13)7(8,9)10/h3,6,13H,1-2H3/t6-/m1/s1. The number of hydrogen-bond acceptors (Lipinski definition) is 2. The molecule has 0 unspecified atom stereocenters. The van der Waals surface area contributed by atoms with Crippen molar-refractivity contribution in [1.82, 2.24) is 9.78 Å². The Hall–Kier alpha value is -1.04. The van der Waals surface area contributed by atoms with Crippen molar-refractivity contribution in [3.8, 4) is 0 Å². The Labute approximate surface area is 72.8 Å². The fourth-order valence-corrected chi connectivity index (χ4v) is 1.05. The number of alkyl halides is 3. The summed E-state index contributed by atoms with van der Waals surface area (Å²) in [7, 11) is 1.50. The van der Waals surface area contributed by atoms with Gasteiger partial charge >= 0.3 is 6.18 Å². The van der Waals surface area contributed by atoms with E-state index in [9.17, 15) is 13.2 Å². The second-order valence-electron chi connectivity index (χ2n) is 2.82. The van der Waals surface area contributed by atoms with Gasteiger partial charge in [-0.1, -0.05) is 0 Å². The number of aryl methyl sites for hydroxylation is 2. The minimum absolute atomic E-state index is 0.326. The molecule has 1 rings (SSSR count). The number of halogens is 3. The van der Waals surface area contributed by atoms with Crippen LogP contribution in [-0.2, 0) is 7.05 Å². The van der Waals surface area contributed by atoms with Crippen molar-refractivity contribution in [1.29, 1.82) is 0 Å². The van der Waals surface area contributed by atoms with Crippen molar-refractivity contribution in [2.24, 2.45) is 7.05 Å². The van der Waals surface area contributed by atoms with Gasteiger partial charge in [0.25, 0.3) is 0 Å². The second-order valence-corrected chi connectivity index (χ2v) is 2.82. The Kier molecular flexibility index (Phi) is 2.34. The van der Waals surface area contributed by atoms with Gasteiger partial charge in [-0.3, -0.25) is 4.68 Å². The molecule has 1 atom stereocenters. The highest BCUT2D eigenvalue weighted by Gasteiger charge is 2.41. The maximum atomic E-state index is 12.0. The summed E-state index contributed by atoms with van der Waals surface area (Å²) < 4.78 is 37.3. The molecule has 0 aliphatic rings. The quantitative estimate of drug-likeness (QED) is 0.732. The van der Waals surface area contributed by atoms with Crippen LogP contribution in [0.2, 0.25) is 0 Å². The van der Waals surface area contributed by atoms with Crippen LogP contribution in [0.3, 0.4) is 0 Å². The monoisotopic (exact) mass is 194 g/mol. The van der Waals surface area contributed by atoms with Crippen LogP contribution in [-0.4, -0.2) is 21.1 Å². The lowest BCUT2D eigenvalue weighted by atomic mass is 10.2. The Balaban J connectivity index is 3.01. The third-order valence-corrected chi connectivity index (χ3v) is 1.62. The predicted octanol–water partition coefficient (Wildman–Crippen LogP) is 1.32. The van der Waals surface area contributed by atoms with E-state index in [0.29, 0.717) is 5.56 Å². The van der Waals surface area contributed by atoms with Gasteiger partial charge in [-0.05, 0) is 12.5 Å². The number of aliphatic hydroxyl groups excluding tert-OH is 1. The normalized spacial score (nSPS) is 14.6. The summed E-state index contributed by atoms with van der Waals surface area (Å²) in [5, 5.41) is 12.4. The van der Waals surface area contributed by atoms with E-state index in [1.54, 1.807) is 0 Å². The molecule has 0 fully saturated rings. The van der Waals surface area contributed by atoms with E-state index >= 15 is 0 Å². The molecule has 1 aromatic heterocycles. The van der Waals surface area contributed by atoms with Crippen LogP contribution in [0.5, 0.6) is 0 Å². The minimum atomic E-state index is -4.65. The van der Waals surface area contributed by atoms with Crippen molar-refractivity contribution >= 4 is 0 Å². The number of aliphatic hydroxyl groups is 1. The molecule has 0 aliphatic heterocycles. The Morgan fingerprint density at radius 2 is 2.08 bits per heavy atom. The Morgan fingerprint density at radius 3 is 2.38 bits per heavy atom. The Bertz CT molecular complexity index is 305. The van der Waals surface area contributed by atoms with Gasteiger partial charge in [0.05, 0.1) is 0 Å². The van der Waals surface area contributed by atoms with Gasteiger partial charge in [0, 0.05) is 13.2 Å². The second kappa shape index (κ2) is 3.02. The molecule has 0 radical (unpaired) electrons. The molecule has 74 valence electrons. The highest BCUT2D eigenvalue weighted by atomic mass is 19.4. The van der Waals surface area contributed by atoms with Crippen LogP contribution in [0, 0.1) is 6.92 Å². The van der Waals surface area contributed by atoms with Crippen molar-refractivity contribution < 1.29 is 18.3 Å². The first-order chi connectivity index (χ1) is 5.82.